The van der Waals surface area contributed by atoms with Gasteiger partial charge in [0.05, 0.1) is 4.47 Å². The minimum absolute atomic E-state index is 0. The second kappa shape index (κ2) is 6.01. The van der Waals surface area contributed by atoms with Gasteiger partial charge in [-0.05, 0) is 22.0 Å². The van der Waals surface area contributed by atoms with Crippen molar-refractivity contribution in [1.82, 2.24) is 0 Å². The van der Waals surface area contributed by atoms with Crippen LogP contribution in [-0.4, -0.2) is 6.98 Å². The molecule has 0 aromatic heterocycles. The van der Waals surface area contributed by atoms with Crippen LogP contribution in [-0.2, 0) is 6.32 Å². The van der Waals surface area contributed by atoms with Crippen molar-refractivity contribution in [3.8, 4) is 0 Å². The largest absolute Gasteiger partial charge is 1.00 e. The monoisotopic (exact) mass is 294 g/mol. The third kappa shape index (κ3) is 4.76. The zero-order valence-electron chi connectivity index (χ0n) is 7.41. The summed E-state index contributed by atoms with van der Waals surface area (Å²) in [5.41, 5.74) is -0.0625. The Morgan fingerprint density at radius 3 is 2.29 bits per heavy atom. The van der Waals surface area contributed by atoms with Crippen LogP contribution in [0.25, 0.3) is 0 Å². The molecule has 0 saturated carbocycles. The second-order valence-electron chi connectivity index (χ2n) is 2.63. The van der Waals surface area contributed by atoms with E-state index in [4.69, 9.17) is 0 Å². The Labute approximate surface area is 130 Å². The Balaban J connectivity index is 0.00000169. The summed E-state index contributed by atoms with van der Waals surface area (Å²) in [4.78, 5) is 0. The fourth-order valence-electron chi connectivity index (χ4n) is 0.955. The number of halogens is 5. The maximum absolute atomic E-state index is 12.7. The van der Waals surface area contributed by atoms with Crippen molar-refractivity contribution < 1.29 is 68.7 Å². The van der Waals surface area contributed by atoms with Crippen LogP contribution in [0.3, 0.4) is 0 Å². The van der Waals surface area contributed by atoms with E-state index in [1.165, 1.54) is 12.1 Å². The molecule has 72 valence electrons. The van der Waals surface area contributed by atoms with E-state index >= 15 is 0 Å². The molecule has 0 radical (unpaired) electrons. The first-order valence-electron chi connectivity index (χ1n) is 3.54. The van der Waals surface area contributed by atoms with E-state index < -0.39 is 19.1 Å². The minimum Gasteiger partial charge on any atom is -0.449 e. The van der Waals surface area contributed by atoms with E-state index in [9.17, 15) is 17.3 Å². The molecule has 1 rings (SSSR count). The van der Waals surface area contributed by atoms with Gasteiger partial charge in [-0.2, -0.15) is 0 Å². The summed E-state index contributed by atoms with van der Waals surface area (Å²) in [6, 6.07) is 3.62. The first-order chi connectivity index (χ1) is 5.90. The van der Waals surface area contributed by atoms with Crippen LogP contribution in [0.4, 0.5) is 17.3 Å². The average Bonchev–Trinajstić information content (AvgIpc) is 1.96. The SMILES string of the molecule is Fc1cccc(C[B-](F)(F)F)c1Br.[K+]. The summed E-state index contributed by atoms with van der Waals surface area (Å²) < 4.78 is 48.6. The van der Waals surface area contributed by atoms with Gasteiger partial charge in [0.2, 0.25) is 0 Å². The summed E-state index contributed by atoms with van der Waals surface area (Å²) in [6.07, 6.45) is -1.06. The average molecular weight is 295 g/mol. The molecule has 14 heavy (non-hydrogen) atoms. The Morgan fingerprint density at radius 1 is 1.21 bits per heavy atom. The van der Waals surface area contributed by atoms with Crippen molar-refractivity contribution in [2.24, 2.45) is 0 Å². The molecule has 0 aliphatic carbocycles. The van der Waals surface area contributed by atoms with Gasteiger partial charge in [-0.25, -0.2) is 4.39 Å². The molecule has 0 fully saturated rings. The van der Waals surface area contributed by atoms with E-state index in [0.717, 1.165) is 6.07 Å². The molecule has 0 nitrogen and oxygen atoms in total. The molecular weight excluding hydrogens is 290 g/mol. The van der Waals surface area contributed by atoms with E-state index in [-0.39, 0.29) is 61.4 Å². The molecule has 0 N–H and O–H groups in total. The van der Waals surface area contributed by atoms with Crippen molar-refractivity contribution in [3.05, 3.63) is 34.1 Å². The molecule has 0 aliphatic rings. The van der Waals surface area contributed by atoms with E-state index in [1.807, 2.05) is 0 Å². The molecule has 0 saturated heterocycles. The van der Waals surface area contributed by atoms with Crippen LogP contribution in [0.2, 0.25) is 0 Å². The van der Waals surface area contributed by atoms with Crippen molar-refractivity contribution in [2.45, 2.75) is 6.32 Å². The predicted octanol–water partition coefficient (Wildman–Crippen LogP) is 0.521. The molecule has 0 aliphatic heterocycles. The number of hydrogen-bond donors (Lipinski definition) is 0. The van der Waals surface area contributed by atoms with Crippen LogP contribution in [0.1, 0.15) is 5.56 Å². The summed E-state index contributed by atoms with van der Waals surface area (Å²) in [5.74, 6) is -0.669. The van der Waals surface area contributed by atoms with E-state index in [2.05, 4.69) is 15.9 Å². The third-order valence-corrected chi connectivity index (χ3v) is 2.37. The minimum atomic E-state index is -4.91. The fourth-order valence-corrected chi connectivity index (χ4v) is 1.38. The third-order valence-electron chi connectivity index (χ3n) is 1.48. The first-order valence-corrected chi connectivity index (χ1v) is 4.33. The Bertz CT molecular complexity index is 315. The summed E-state index contributed by atoms with van der Waals surface area (Å²) in [7, 11) is 0. The Hall–Kier alpha value is 1.12. The smallest absolute Gasteiger partial charge is 0.449 e. The molecule has 1 aromatic carbocycles. The maximum Gasteiger partial charge on any atom is 1.00 e. The van der Waals surface area contributed by atoms with Crippen LogP contribution in [0.5, 0.6) is 0 Å². The van der Waals surface area contributed by atoms with Gasteiger partial charge in [-0.3, -0.25) is 0 Å². The van der Waals surface area contributed by atoms with Crippen molar-refractivity contribution >= 4 is 22.9 Å². The Kier molecular flexibility index (Phi) is 6.49. The fraction of sp³-hybridized carbons (Fsp3) is 0.143. The van der Waals surface area contributed by atoms with Gasteiger partial charge in [0.25, 0.3) is 0 Å². The number of benzene rings is 1. The van der Waals surface area contributed by atoms with Crippen LogP contribution >= 0.6 is 15.9 Å². The van der Waals surface area contributed by atoms with Crippen LogP contribution < -0.4 is 51.4 Å². The molecular formula is C7H5BBrF4K. The zero-order chi connectivity index (χ0) is 10.1. The van der Waals surface area contributed by atoms with Crippen LogP contribution in [0, 0.1) is 5.82 Å². The molecule has 1 aromatic rings. The van der Waals surface area contributed by atoms with Gasteiger partial charge in [-0.1, -0.05) is 24.0 Å². The zero-order valence-corrected chi connectivity index (χ0v) is 12.1. The van der Waals surface area contributed by atoms with Crippen molar-refractivity contribution in [2.75, 3.05) is 0 Å². The number of rotatable bonds is 2. The summed E-state index contributed by atoms with van der Waals surface area (Å²) in [5, 5.41) is 0. The van der Waals surface area contributed by atoms with Gasteiger partial charge in [0.15, 0.2) is 0 Å². The predicted molar refractivity (Wildman–Crippen MR) is 46.9 cm³/mol. The van der Waals surface area contributed by atoms with Gasteiger partial charge < -0.3 is 12.9 Å². The molecule has 0 unspecified atom stereocenters. The molecule has 0 amide bonds. The topological polar surface area (TPSA) is 0 Å². The van der Waals surface area contributed by atoms with Gasteiger partial charge >= 0.3 is 58.4 Å². The standard InChI is InChI=1S/C7H5BBrF4.K/c9-7-5(4-8(11,12)13)2-1-3-6(7)10;/h1-3H,4H2;/q-1;+1. The normalized spacial score (nSPS) is 10.9. The molecule has 0 spiro atoms. The van der Waals surface area contributed by atoms with E-state index in [0.29, 0.717) is 0 Å². The molecule has 7 heteroatoms. The molecule has 0 atom stereocenters. The van der Waals surface area contributed by atoms with Crippen LogP contribution in [0.15, 0.2) is 22.7 Å². The van der Waals surface area contributed by atoms with E-state index in [1.54, 1.807) is 0 Å². The van der Waals surface area contributed by atoms with Gasteiger partial charge in [0, 0.05) is 0 Å². The second-order valence-corrected chi connectivity index (χ2v) is 3.42. The van der Waals surface area contributed by atoms with Gasteiger partial charge in [0.1, 0.15) is 5.82 Å². The quantitative estimate of drug-likeness (QED) is 0.551. The maximum atomic E-state index is 12.7. The van der Waals surface area contributed by atoms with Crippen molar-refractivity contribution in [3.63, 3.8) is 0 Å². The number of hydrogen-bond acceptors (Lipinski definition) is 0. The molecule has 0 heterocycles. The summed E-state index contributed by atoms with van der Waals surface area (Å²) in [6.45, 7) is -4.91. The first kappa shape index (κ1) is 15.1. The molecule has 0 bridgehead atoms. The van der Waals surface area contributed by atoms with Crippen molar-refractivity contribution in [1.29, 1.82) is 0 Å². The van der Waals surface area contributed by atoms with Gasteiger partial charge in [-0.15, -0.1) is 0 Å². The Morgan fingerprint density at radius 2 is 1.79 bits per heavy atom. The summed E-state index contributed by atoms with van der Waals surface area (Å²) >= 11 is 2.77.